The van der Waals surface area contributed by atoms with Crippen LogP contribution in [0.4, 0.5) is 5.69 Å². The third-order valence-electron chi connectivity index (χ3n) is 4.44. The zero-order valence-corrected chi connectivity index (χ0v) is 14.9. The Labute approximate surface area is 143 Å². The van der Waals surface area contributed by atoms with Crippen LogP contribution in [0.5, 0.6) is 0 Å². The minimum Gasteiger partial charge on any atom is -0.469 e. The van der Waals surface area contributed by atoms with Crippen LogP contribution in [0.3, 0.4) is 0 Å². The highest BCUT2D eigenvalue weighted by Gasteiger charge is 2.27. The van der Waals surface area contributed by atoms with Crippen molar-refractivity contribution in [1.82, 2.24) is 5.32 Å². The van der Waals surface area contributed by atoms with Crippen molar-refractivity contribution in [2.24, 2.45) is 5.92 Å². The molecule has 0 aromatic heterocycles. The van der Waals surface area contributed by atoms with E-state index in [0.29, 0.717) is 16.6 Å². The molecule has 0 spiro atoms. The lowest BCUT2D eigenvalue weighted by Crippen LogP contribution is -2.35. The topological polar surface area (TPSA) is 81.5 Å². The van der Waals surface area contributed by atoms with Crippen LogP contribution in [0.2, 0.25) is 0 Å². The molecule has 0 unspecified atom stereocenters. The summed E-state index contributed by atoms with van der Waals surface area (Å²) in [4.78, 5) is 22.4. The van der Waals surface area contributed by atoms with Gasteiger partial charge in [-0.05, 0) is 44.2 Å². The van der Waals surface area contributed by atoms with Gasteiger partial charge in [-0.15, -0.1) is 0 Å². The quantitative estimate of drug-likeness (QED) is 0.477. The Morgan fingerprint density at radius 2 is 2.04 bits per heavy atom. The maximum atomic E-state index is 11.5. The molecule has 1 saturated carbocycles. The minimum absolute atomic E-state index is 0.0122. The fraction of sp³-hybridized carbons (Fsp3) is 0.562. The van der Waals surface area contributed by atoms with E-state index in [2.05, 4.69) is 21.2 Å². The number of carbonyl (C=O) groups excluding carboxylic acids is 1. The van der Waals surface area contributed by atoms with Gasteiger partial charge < -0.3 is 10.1 Å². The number of hydrogen-bond donors (Lipinski definition) is 1. The van der Waals surface area contributed by atoms with Gasteiger partial charge in [0.2, 0.25) is 0 Å². The molecule has 126 valence electrons. The van der Waals surface area contributed by atoms with Gasteiger partial charge in [0.1, 0.15) is 0 Å². The van der Waals surface area contributed by atoms with E-state index >= 15 is 0 Å². The van der Waals surface area contributed by atoms with E-state index in [-0.39, 0.29) is 28.5 Å². The van der Waals surface area contributed by atoms with Crippen molar-refractivity contribution in [2.75, 3.05) is 7.11 Å². The number of carbonyl (C=O) groups is 1. The maximum Gasteiger partial charge on any atom is 0.308 e. The summed E-state index contributed by atoms with van der Waals surface area (Å²) in [6.07, 6.45) is 3.35. The summed E-state index contributed by atoms with van der Waals surface area (Å²) in [5.41, 5.74) is 1.74. The molecule has 1 aliphatic carbocycles. The molecular formula is C16H21BrN2O4. The molecule has 0 radical (unpaired) electrons. The number of esters is 1. The Bertz CT molecular complexity index is 598. The zero-order valence-electron chi connectivity index (χ0n) is 13.3. The molecule has 0 aliphatic heterocycles. The molecular weight excluding hydrogens is 364 g/mol. The summed E-state index contributed by atoms with van der Waals surface area (Å²) in [7, 11) is 1.42. The number of halogens is 1. The summed E-state index contributed by atoms with van der Waals surface area (Å²) in [6.45, 7) is 2.34. The second-order valence-corrected chi connectivity index (χ2v) is 6.85. The van der Waals surface area contributed by atoms with Gasteiger partial charge in [-0.25, -0.2) is 0 Å². The van der Waals surface area contributed by atoms with Crippen LogP contribution in [0.15, 0.2) is 16.6 Å². The van der Waals surface area contributed by atoms with Crippen LogP contribution in [0.25, 0.3) is 0 Å². The summed E-state index contributed by atoms with van der Waals surface area (Å²) in [5, 5.41) is 14.6. The third kappa shape index (κ3) is 4.51. The number of aryl methyl sites for hydroxylation is 1. The molecule has 1 N–H and O–H groups in total. The van der Waals surface area contributed by atoms with Crippen molar-refractivity contribution in [2.45, 2.75) is 45.2 Å². The van der Waals surface area contributed by atoms with Crippen LogP contribution in [-0.2, 0) is 16.1 Å². The molecule has 1 fully saturated rings. The van der Waals surface area contributed by atoms with Gasteiger partial charge in [0.15, 0.2) is 0 Å². The van der Waals surface area contributed by atoms with E-state index in [0.717, 1.165) is 31.2 Å². The third-order valence-corrected chi connectivity index (χ3v) is 4.90. The minimum atomic E-state index is -0.344. The predicted molar refractivity (Wildman–Crippen MR) is 90.1 cm³/mol. The number of nitrogens with one attached hydrogen (secondary N) is 1. The average Bonchev–Trinajstić information content (AvgIpc) is 2.53. The Hall–Kier alpha value is -1.47. The van der Waals surface area contributed by atoms with Gasteiger partial charge in [-0.2, -0.15) is 0 Å². The lowest BCUT2D eigenvalue weighted by atomic mass is 9.86. The second-order valence-electron chi connectivity index (χ2n) is 5.93. The molecule has 0 bridgehead atoms. The second kappa shape index (κ2) is 7.88. The van der Waals surface area contributed by atoms with Crippen molar-refractivity contribution in [1.29, 1.82) is 0 Å². The summed E-state index contributed by atoms with van der Waals surface area (Å²) < 4.78 is 5.50. The molecule has 1 aromatic rings. The van der Waals surface area contributed by atoms with Crippen LogP contribution < -0.4 is 5.32 Å². The number of methoxy groups -OCH3 is 1. The lowest BCUT2D eigenvalue weighted by Gasteiger charge is -2.27. The number of benzene rings is 1. The largest absolute Gasteiger partial charge is 0.469 e. The number of hydrogen-bond acceptors (Lipinski definition) is 5. The van der Waals surface area contributed by atoms with Crippen molar-refractivity contribution in [3.63, 3.8) is 0 Å². The first-order valence-corrected chi connectivity index (χ1v) is 8.46. The van der Waals surface area contributed by atoms with E-state index in [1.807, 2.05) is 13.0 Å². The fourth-order valence-corrected chi connectivity index (χ4v) is 3.65. The normalized spacial score (nSPS) is 21.0. The van der Waals surface area contributed by atoms with Gasteiger partial charge in [-0.3, -0.25) is 14.9 Å². The van der Waals surface area contributed by atoms with E-state index < -0.39 is 0 Å². The molecule has 1 aromatic carbocycles. The smallest absolute Gasteiger partial charge is 0.308 e. The lowest BCUT2D eigenvalue weighted by molar-refractivity contribution is -0.385. The van der Waals surface area contributed by atoms with Crippen LogP contribution in [0.1, 0.15) is 36.8 Å². The molecule has 6 nitrogen and oxygen atoms in total. The Kier molecular flexibility index (Phi) is 6.12. The van der Waals surface area contributed by atoms with Crippen LogP contribution >= 0.6 is 15.9 Å². The zero-order chi connectivity index (χ0) is 17.0. The molecule has 0 amide bonds. The average molecular weight is 385 g/mol. The Morgan fingerprint density at radius 1 is 1.39 bits per heavy atom. The summed E-state index contributed by atoms with van der Waals surface area (Å²) in [6, 6.07) is 3.70. The highest BCUT2D eigenvalue weighted by molar-refractivity contribution is 9.10. The SMILES string of the molecule is COC(=O)C1CCC(NCc2c(C)cc(Br)cc2[N+](=O)[O-])CC1. The van der Waals surface area contributed by atoms with Gasteiger partial charge >= 0.3 is 5.97 Å². The Balaban J connectivity index is 1.97. The van der Waals surface area contributed by atoms with Crippen LogP contribution in [-0.4, -0.2) is 24.0 Å². The first-order chi connectivity index (χ1) is 10.9. The van der Waals surface area contributed by atoms with Crippen molar-refractivity contribution >= 4 is 27.6 Å². The van der Waals surface area contributed by atoms with Gasteiger partial charge in [-0.1, -0.05) is 15.9 Å². The van der Waals surface area contributed by atoms with E-state index in [1.54, 1.807) is 0 Å². The van der Waals surface area contributed by atoms with Gasteiger partial charge in [0, 0.05) is 28.7 Å². The standard InChI is InChI=1S/C16H21BrN2O4/c1-10-7-12(17)8-15(19(21)22)14(10)9-18-13-5-3-11(4-6-13)16(20)23-2/h7-8,11,13,18H,3-6,9H2,1-2H3. The van der Waals surface area contributed by atoms with E-state index in [1.165, 1.54) is 13.2 Å². The van der Waals surface area contributed by atoms with Gasteiger partial charge in [0.05, 0.1) is 18.0 Å². The monoisotopic (exact) mass is 384 g/mol. The fourth-order valence-electron chi connectivity index (χ4n) is 3.09. The molecule has 0 saturated heterocycles. The molecule has 0 atom stereocenters. The van der Waals surface area contributed by atoms with Crippen molar-refractivity contribution in [3.05, 3.63) is 37.8 Å². The molecule has 1 aliphatic rings. The maximum absolute atomic E-state index is 11.5. The highest BCUT2D eigenvalue weighted by Crippen LogP contribution is 2.29. The molecule has 23 heavy (non-hydrogen) atoms. The number of ether oxygens (including phenoxy) is 1. The summed E-state index contributed by atoms with van der Waals surface area (Å²) >= 11 is 3.30. The number of rotatable bonds is 5. The first kappa shape index (κ1) is 17.9. The molecule has 7 heteroatoms. The number of nitro benzene ring substituents is 1. The summed E-state index contributed by atoms with van der Waals surface area (Å²) in [5.74, 6) is -0.148. The van der Waals surface area contributed by atoms with Crippen molar-refractivity contribution < 1.29 is 14.5 Å². The number of nitrogens with zero attached hydrogens (tertiary/aromatic N) is 1. The van der Waals surface area contributed by atoms with Crippen molar-refractivity contribution in [3.8, 4) is 0 Å². The van der Waals surface area contributed by atoms with Gasteiger partial charge in [0.25, 0.3) is 5.69 Å². The Morgan fingerprint density at radius 3 is 2.61 bits per heavy atom. The number of nitro groups is 1. The predicted octanol–water partition coefficient (Wildman–Crippen LogP) is 3.49. The first-order valence-electron chi connectivity index (χ1n) is 7.67. The highest BCUT2D eigenvalue weighted by atomic mass is 79.9. The molecule has 0 heterocycles. The van der Waals surface area contributed by atoms with E-state index in [4.69, 9.17) is 4.74 Å². The van der Waals surface area contributed by atoms with Crippen LogP contribution in [0, 0.1) is 23.0 Å². The molecule has 2 rings (SSSR count). The van der Waals surface area contributed by atoms with E-state index in [9.17, 15) is 14.9 Å².